The largest absolute Gasteiger partial charge is 0.396 e. The average Bonchev–Trinajstić information content (AvgIpc) is 3.02. The van der Waals surface area contributed by atoms with Crippen LogP contribution in [0.5, 0.6) is 0 Å². The Morgan fingerprint density at radius 2 is 2.19 bits per heavy atom. The minimum atomic E-state index is -0.111. The van der Waals surface area contributed by atoms with Crippen LogP contribution in [0.2, 0.25) is 0 Å². The Morgan fingerprint density at radius 3 is 2.76 bits per heavy atom. The first-order valence-corrected chi connectivity index (χ1v) is 8.13. The highest BCUT2D eigenvalue weighted by atomic mass is 32.2. The fraction of sp³-hybridized carbons (Fsp3) is 0.333. The first-order valence-electron chi connectivity index (χ1n) is 6.73. The lowest BCUT2D eigenvalue weighted by atomic mass is 10.1. The molecule has 1 aromatic carbocycles. The number of aliphatic hydroxyl groups is 1. The second-order valence-corrected chi connectivity index (χ2v) is 5.57. The summed E-state index contributed by atoms with van der Waals surface area (Å²) in [6.45, 7) is 0.0745. The molecule has 2 aromatic rings. The predicted molar refractivity (Wildman–Crippen MR) is 84.9 cm³/mol. The number of hydrogen-bond acceptors (Lipinski definition) is 4. The van der Waals surface area contributed by atoms with Gasteiger partial charge in [0.25, 0.3) is 5.91 Å². The fourth-order valence-corrected chi connectivity index (χ4v) is 2.67. The number of aliphatic hydroxyl groups excluding tert-OH is 1. The molecule has 21 heavy (non-hydrogen) atoms. The molecule has 2 rings (SSSR count). The van der Waals surface area contributed by atoms with Crippen LogP contribution < -0.4 is 5.32 Å². The van der Waals surface area contributed by atoms with Crippen LogP contribution >= 0.6 is 11.8 Å². The van der Waals surface area contributed by atoms with E-state index in [1.807, 2.05) is 29.2 Å². The van der Waals surface area contributed by atoms with E-state index in [-0.39, 0.29) is 18.6 Å². The summed E-state index contributed by atoms with van der Waals surface area (Å²) >= 11 is 1.65. The maximum absolute atomic E-state index is 12.2. The van der Waals surface area contributed by atoms with Crippen molar-refractivity contribution in [2.45, 2.75) is 12.5 Å². The molecule has 0 aliphatic carbocycles. The number of nitrogens with one attached hydrogen (secondary N) is 1. The van der Waals surface area contributed by atoms with Gasteiger partial charge in [0.05, 0.1) is 6.33 Å². The Bertz CT molecular complexity index is 549. The maximum atomic E-state index is 12.2. The van der Waals surface area contributed by atoms with Crippen molar-refractivity contribution in [2.75, 3.05) is 18.6 Å². The molecule has 0 fully saturated rings. The van der Waals surface area contributed by atoms with Crippen molar-refractivity contribution in [1.29, 1.82) is 0 Å². The van der Waals surface area contributed by atoms with Gasteiger partial charge in [0.1, 0.15) is 0 Å². The third-order valence-corrected chi connectivity index (χ3v) is 3.85. The molecule has 1 unspecified atom stereocenters. The van der Waals surface area contributed by atoms with Crippen LogP contribution in [0, 0.1) is 0 Å². The Labute approximate surface area is 128 Å². The summed E-state index contributed by atoms with van der Waals surface area (Å²) < 4.78 is 1.88. The van der Waals surface area contributed by atoms with Crippen LogP contribution in [0.15, 0.2) is 43.0 Å². The number of rotatable bonds is 7. The van der Waals surface area contributed by atoms with Crippen LogP contribution in [0.3, 0.4) is 0 Å². The quantitative estimate of drug-likeness (QED) is 0.817. The number of carbonyl (C=O) groups excluding carboxylic acids is 1. The average molecular weight is 305 g/mol. The fourth-order valence-electron chi connectivity index (χ4n) is 2.02. The van der Waals surface area contributed by atoms with E-state index in [2.05, 4.69) is 10.3 Å². The second kappa shape index (κ2) is 7.85. The van der Waals surface area contributed by atoms with Crippen LogP contribution in [-0.2, 0) is 0 Å². The van der Waals surface area contributed by atoms with E-state index < -0.39 is 0 Å². The van der Waals surface area contributed by atoms with E-state index in [0.717, 1.165) is 11.4 Å². The molecule has 0 saturated heterocycles. The number of imidazole rings is 1. The lowest BCUT2D eigenvalue weighted by Crippen LogP contribution is -2.37. The molecule has 1 aromatic heterocycles. The Morgan fingerprint density at radius 1 is 1.43 bits per heavy atom. The lowest BCUT2D eigenvalue weighted by molar-refractivity contribution is 0.0935. The van der Waals surface area contributed by atoms with Crippen LogP contribution in [0.25, 0.3) is 5.69 Å². The van der Waals surface area contributed by atoms with Gasteiger partial charge in [-0.2, -0.15) is 11.8 Å². The van der Waals surface area contributed by atoms with Crippen molar-refractivity contribution in [3.05, 3.63) is 48.5 Å². The van der Waals surface area contributed by atoms with Gasteiger partial charge in [0, 0.05) is 42.0 Å². The zero-order valence-electron chi connectivity index (χ0n) is 11.9. The van der Waals surface area contributed by atoms with E-state index in [1.165, 1.54) is 0 Å². The zero-order valence-corrected chi connectivity index (χ0v) is 12.7. The van der Waals surface area contributed by atoms with Gasteiger partial charge in [-0.25, -0.2) is 4.98 Å². The molecule has 0 bridgehead atoms. The van der Waals surface area contributed by atoms with Crippen molar-refractivity contribution in [2.24, 2.45) is 0 Å². The molecule has 0 spiro atoms. The standard InChI is InChI=1S/C15H19N3O2S/c1-21-10-13(6-9-19)17-15(20)12-2-4-14(5-3-12)18-8-7-16-11-18/h2-5,7-8,11,13,19H,6,9-10H2,1H3,(H,17,20). The number of carbonyl (C=O) groups is 1. The summed E-state index contributed by atoms with van der Waals surface area (Å²) in [6.07, 6.45) is 7.83. The molecule has 112 valence electrons. The highest BCUT2D eigenvalue weighted by Gasteiger charge is 2.13. The van der Waals surface area contributed by atoms with Crippen molar-refractivity contribution in [3.63, 3.8) is 0 Å². The molecular weight excluding hydrogens is 286 g/mol. The smallest absolute Gasteiger partial charge is 0.251 e. The molecule has 0 aliphatic rings. The lowest BCUT2D eigenvalue weighted by Gasteiger charge is -2.16. The Kier molecular flexibility index (Phi) is 5.83. The predicted octanol–water partition coefficient (Wildman–Crippen LogP) is 1.72. The Balaban J connectivity index is 2.02. The monoisotopic (exact) mass is 305 g/mol. The van der Waals surface area contributed by atoms with E-state index in [4.69, 9.17) is 5.11 Å². The summed E-state index contributed by atoms with van der Waals surface area (Å²) in [5.41, 5.74) is 1.57. The second-order valence-electron chi connectivity index (χ2n) is 4.65. The molecule has 1 atom stereocenters. The minimum Gasteiger partial charge on any atom is -0.396 e. The van der Waals surface area contributed by atoms with Gasteiger partial charge in [-0.1, -0.05) is 0 Å². The van der Waals surface area contributed by atoms with E-state index in [0.29, 0.717) is 12.0 Å². The number of benzene rings is 1. The van der Waals surface area contributed by atoms with Gasteiger partial charge in [-0.05, 0) is 36.9 Å². The van der Waals surface area contributed by atoms with Gasteiger partial charge in [0.2, 0.25) is 0 Å². The summed E-state index contributed by atoms with van der Waals surface area (Å²) in [4.78, 5) is 16.2. The normalized spacial score (nSPS) is 12.1. The summed E-state index contributed by atoms with van der Waals surface area (Å²) in [5.74, 6) is 0.680. The zero-order chi connectivity index (χ0) is 15.1. The van der Waals surface area contributed by atoms with E-state index in [1.54, 1.807) is 36.4 Å². The van der Waals surface area contributed by atoms with Gasteiger partial charge in [-0.15, -0.1) is 0 Å². The number of thioether (sulfide) groups is 1. The van der Waals surface area contributed by atoms with Gasteiger partial charge in [-0.3, -0.25) is 4.79 Å². The first-order chi connectivity index (χ1) is 10.2. The molecule has 5 nitrogen and oxygen atoms in total. The van der Waals surface area contributed by atoms with Crippen LogP contribution in [0.4, 0.5) is 0 Å². The third-order valence-electron chi connectivity index (χ3n) is 3.11. The Hall–Kier alpha value is -1.79. The molecule has 2 N–H and O–H groups in total. The number of aromatic nitrogens is 2. The SMILES string of the molecule is CSCC(CCO)NC(=O)c1ccc(-n2ccnc2)cc1. The molecule has 0 aliphatic heterocycles. The van der Waals surface area contributed by atoms with Gasteiger partial charge in [0.15, 0.2) is 0 Å². The molecule has 0 radical (unpaired) electrons. The molecule has 1 heterocycles. The molecule has 0 saturated carbocycles. The summed E-state index contributed by atoms with van der Waals surface area (Å²) in [7, 11) is 0. The number of hydrogen-bond donors (Lipinski definition) is 2. The molecule has 1 amide bonds. The molecular formula is C15H19N3O2S. The van der Waals surface area contributed by atoms with Crippen molar-refractivity contribution in [3.8, 4) is 5.69 Å². The van der Waals surface area contributed by atoms with Gasteiger partial charge >= 0.3 is 0 Å². The van der Waals surface area contributed by atoms with Crippen LogP contribution in [-0.4, -0.2) is 45.2 Å². The van der Waals surface area contributed by atoms with Crippen molar-refractivity contribution in [1.82, 2.24) is 14.9 Å². The minimum absolute atomic E-state index is 0.00850. The third kappa shape index (κ3) is 4.34. The molecule has 6 heteroatoms. The van der Waals surface area contributed by atoms with E-state index >= 15 is 0 Å². The van der Waals surface area contributed by atoms with Crippen molar-refractivity contribution >= 4 is 17.7 Å². The first kappa shape index (κ1) is 15.6. The topological polar surface area (TPSA) is 67.2 Å². The van der Waals surface area contributed by atoms with E-state index in [9.17, 15) is 4.79 Å². The summed E-state index contributed by atoms with van der Waals surface area (Å²) in [6, 6.07) is 7.34. The van der Waals surface area contributed by atoms with Gasteiger partial charge < -0.3 is 15.0 Å². The number of nitrogens with zero attached hydrogens (tertiary/aromatic N) is 2. The highest BCUT2D eigenvalue weighted by molar-refractivity contribution is 7.98. The highest BCUT2D eigenvalue weighted by Crippen LogP contribution is 2.10. The summed E-state index contributed by atoms with van der Waals surface area (Å²) in [5, 5.41) is 12.0. The number of amides is 1. The van der Waals surface area contributed by atoms with Crippen LogP contribution in [0.1, 0.15) is 16.8 Å². The van der Waals surface area contributed by atoms with Crippen molar-refractivity contribution < 1.29 is 9.90 Å². The maximum Gasteiger partial charge on any atom is 0.251 e.